The molecule has 0 bridgehead atoms. The summed E-state index contributed by atoms with van der Waals surface area (Å²) >= 11 is 0. The van der Waals surface area contributed by atoms with Crippen molar-refractivity contribution in [1.82, 2.24) is 0 Å². The molecule has 4 rings (SSSR count). The predicted molar refractivity (Wildman–Crippen MR) is 177 cm³/mol. The largest absolute Gasteiger partial charge is 0.497 e. The molecule has 0 aliphatic rings. The highest BCUT2D eigenvalue weighted by Crippen LogP contribution is 2.30. The van der Waals surface area contributed by atoms with Crippen molar-refractivity contribution < 1.29 is 33.3 Å². The Bertz CT molecular complexity index is 1690. The first kappa shape index (κ1) is 37.0. The van der Waals surface area contributed by atoms with Crippen LogP contribution in [0.4, 0.5) is 0 Å². The van der Waals surface area contributed by atoms with E-state index < -0.39 is 5.97 Å². The number of nitriles is 2. The lowest BCUT2D eigenvalue weighted by Gasteiger charge is -2.14. The van der Waals surface area contributed by atoms with Crippen LogP contribution in [0.5, 0.6) is 11.5 Å². The Morgan fingerprint density at radius 1 is 0.574 bits per heavy atom. The molecule has 0 aliphatic carbocycles. The topological polar surface area (TPSA) is 136 Å². The van der Waals surface area contributed by atoms with Crippen molar-refractivity contribution in [2.24, 2.45) is 0 Å². The third kappa shape index (κ3) is 12.0. The normalized spacial score (nSPS) is 10.1. The first-order chi connectivity index (χ1) is 22.8. The fourth-order valence-corrected chi connectivity index (χ4v) is 4.10. The van der Waals surface area contributed by atoms with E-state index in [0.717, 1.165) is 22.6 Å². The van der Waals surface area contributed by atoms with Crippen molar-refractivity contribution in [2.75, 3.05) is 28.4 Å². The first-order valence-electron chi connectivity index (χ1n) is 14.4. The van der Waals surface area contributed by atoms with Gasteiger partial charge in [-0.25, -0.2) is 4.79 Å². The van der Waals surface area contributed by atoms with Crippen molar-refractivity contribution in [3.05, 3.63) is 137 Å². The highest BCUT2D eigenvalue weighted by molar-refractivity contribution is 6.09. The molecule has 0 aromatic heterocycles. The Morgan fingerprint density at radius 2 is 1.02 bits per heavy atom. The zero-order chi connectivity index (χ0) is 34.4. The van der Waals surface area contributed by atoms with E-state index in [9.17, 15) is 14.4 Å². The fraction of sp³-hybridized carbons (Fsp3) is 0.184. The van der Waals surface area contributed by atoms with Crippen LogP contribution < -0.4 is 9.47 Å². The van der Waals surface area contributed by atoms with Crippen molar-refractivity contribution >= 4 is 23.3 Å². The van der Waals surface area contributed by atoms with Gasteiger partial charge in [-0.1, -0.05) is 72.8 Å². The lowest BCUT2D eigenvalue weighted by molar-refractivity contribution is -0.140. The van der Waals surface area contributed by atoms with E-state index in [1.807, 2.05) is 97.1 Å². The zero-order valence-electron chi connectivity index (χ0n) is 26.8. The molecule has 47 heavy (non-hydrogen) atoms. The summed E-state index contributed by atoms with van der Waals surface area (Å²) in [6, 6.07) is 37.1. The summed E-state index contributed by atoms with van der Waals surface area (Å²) in [7, 11) is 5.82. The summed E-state index contributed by atoms with van der Waals surface area (Å²) in [6.07, 6.45) is 0.419. The molecule has 0 fully saturated rings. The van der Waals surface area contributed by atoms with E-state index >= 15 is 0 Å². The molecular weight excluding hydrogens is 596 g/mol. The number of nitrogens with zero attached hydrogens (tertiary/aromatic N) is 2. The summed E-state index contributed by atoms with van der Waals surface area (Å²) < 4.78 is 19.3. The highest BCUT2D eigenvalue weighted by atomic mass is 16.5. The van der Waals surface area contributed by atoms with E-state index in [1.165, 1.54) is 14.2 Å². The van der Waals surface area contributed by atoms with Crippen LogP contribution in [0, 0.1) is 22.7 Å². The van der Waals surface area contributed by atoms with Crippen LogP contribution >= 0.6 is 0 Å². The van der Waals surface area contributed by atoms with Crippen LogP contribution in [-0.2, 0) is 19.1 Å². The molecule has 0 amide bonds. The summed E-state index contributed by atoms with van der Waals surface area (Å²) in [6.45, 7) is 0. The maximum absolute atomic E-state index is 12.2. The van der Waals surface area contributed by atoms with Gasteiger partial charge in [0, 0.05) is 23.1 Å². The summed E-state index contributed by atoms with van der Waals surface area (Å²) in [5.41, 5.74) is 4.09. The number of benzene rings is 4. The molecule has 0 radical (unpaired) electrons. The molecule has 9 nitrogen and oxygen atoms in total. The first-order valence-corrected chi connectivity index (χ1v) is 14.4. The smallest absolute Gasteiger partial charge is 0.335 e. The van der Waals surface area contributed by atoms with Gasteiger partial charge in [-0.2, -0.15) is 10.5 Å². The maximum atomic E-state index is 12.2. The molecule has 4 aromatic carbocycles. The van der Waals surface area contributed by atoms with Gasteiger partial charge in [-0.3, -0.25) is 9.59 Å². The molecule has 0 saturated heterocycles. The minimum atomic E-state index is -0.499. The Hall–Kier alpha value is -6.19. The van der Waals surface area contributed by atoms with Crippen molar-refractivity contribution in [3.63, 3.8) is 0 Å². The molecule has 240 valence electrons. The zero-order valence-corrected chi connectivity index (χ0v) is 26.8. The number of esters is 2. The summed E-state index contributed by atoms with van der Waals surface area (Å²) in [5, 5.41) is 17.0. The monoisotopic (exact) mass is 632 g/mol. The van der Waals surface area contributed by atoms with E-state index in [1.54, 1.807) is 38.5 Å². The number of ketones is 1. The van der Waals surface area contributed by atoms with Gasteiger partial charge in [0.1, 0.15) is 11.5 Å². The molecule has 0 N–H and O–H groups in total. The molecule has 0 aliphatic heterocycles. The second kappa shape index (κ2) is 20.7. The molecular formula is C38H36N2O7. The molecule has 9 heteroatoms. The van der Waals surface area contributed by atoms with E-state index in [-0.39, 0.29) is 31.0 Å². The van der Waals surface area contributed by atoms with Gasteiger partial charge in [-0.15, -0.1) is 0 Å². The van der Waals surface area contributed by atoms with Crippen molar-refractivity contribution in [3.8, 4) is 23.6 Å². The minimum absolute atomic E-state index is 0.0249. The maximum Gasteiger partial charge on any atom is 0.335 e. The Labute approximate surface area is 275 Å². The minimum Gasteiger partial charge on any atom is -0.497 e. The second-order valence-electron chi connectivity index (χ2n) is 9.43. The molecule has 0 atom stereocenters. The van der Waals surface area contributed by atoms with Gasteiger partial charge < -0.3 is 18.9 Å². The lowest BCUT2D eigenvalue weighted by Crippen LogP contribution is -2.08. The van der Waals surface area contributed by atoms with Crippen LogP contribution in [0.2, 0.25) is 0 Å². The van der Waals surface area contributed by atoms with Gasteiger partial charge in [-0.05, 0) is 47.5 Å². The summed E-state index contributed by atoms with van der Waals surface area (Å²) in [4.78, 5) is 34.4. The Kier molecular flexibility index (Phi) is 16.3. The van der Waals surface area contributed by atoms with Gasteiger partial charge >= 0.3 is 11.9 Å². The molecule has 0 heterocycles. The third-order valence-corrected chi connectivity index (χ3v) is 6.49. The van der Waals surface area contributed by atoms with Crippen molar-refractivity contribution in [2.45, 2.75) is 19.3 Å². The number of carbonyl (C=O) groups excluding carboxylic acids is 3. The van der Waals surface area contributed by atoms with Crippen LogP contribution in [0.3, 0.4) is 0 Å². The van der Waals surface area contributed by atoms with E-state index in [2.05, 4.69) is 4.74 Å². The van der Waals surface area contributed by atoms with Gasteiger partial charge in [0.2, 0.25) is 0 Å². The average molecular weight is 633 g/mol. The van der Waals surface area contributed by atoms with Crippen LogP contribution in [-0.4, -0.2) is 46.2 Å². The Balaban J connectivity index is 0.000000276. The molecule has 4 aromatic rings. The predicted octanol–water partition coefficient (Wildman–Crippen LogP) is 6.97. The van der Waals surface area contributed by atoms with Gasteiger partial charge in [0.25, 0.3) is 0 Å². The Morgan fingerprint density at radius 3 is 1.45 bits per heavy atom. The number of ether oxygens (including phenoxy) is 4. The van der Waals surface area contributed by atoms with E-state index in [4.69, 9.17) is 24.7 Å². The SMILES string of the molecule is COC(=O)/C(CC#N)=C(\c1ccccc1)c1ccc(OC)cc1.COC(=O)CCC#N.COc1ccc(C(=O)c2ccccc2)cc1. The van der Waals surface area contributed by atoms with Crippen LogP contribution in [0.15, 0.2) is 115 Å². The second-order valence-corrected chi connectivity index (χ2v) is 9.43. The molecule has 0 unspecified atom stereocenters. The quantitative estimate of drug-likeness (QED) is 0.103. The van der Waals surface area contributed by atoms with Gasteiger partial charge in [0.05, 0.1) is 59.0 Å². The number of hydrogen-bond acceptors (Lipinski definition) is 9. The van der Waals surface area contributed by atoms with Crippen LogP contribution in [0.1, 0.15) is 46.3 Å². The lowest BCUT2D eigenvalue weighted by atomic mass is 9.91. The number of methoxy groups -OCH3 is 4. The number of rotatable bonds is 10. The number of hydrogen-bond donors (Lipinski definition) is 0. The summed E-state index contributed by atoms with van der Waals surface area (Å²) in [5.74, 6) is 0.682. The molecule has 0 saturated carbocycles. The third-order valence-electron chi connectivity index (χ3n) is 6.49. The van der Waals surface area contributed by atoms with Gasteiger partial charge in [0.15, 0.2) is 5.78 Å². The average Bonchev–Trinajstić information content (AvgIpc) is 3.14. The van der Waals surface area contributed by atoms with Crippen molar-refractivity contribution in [1.29, 1.82) is 10.5 Å². The van der Waals surface area contributed by atoms with Crippen LogP contribution in [0.25, 0.3) is 5.57 Å². The van der Waals surface area contributed by atoms with E-state index in [0.29, 0.717) is 22.3 Å². The molecule has 0 spiro atoms. The highest BCUT2D eigenvalue weighted by Gasteiger charge is 2.19. The fourth-order valence-electron chi connectivity index (χ4n) is 4.10. The number of carbonyl (C=O) groups is 3. The standard InChI is InChI=1S/C19H17NO3.C14H12O2.C5H7NO2/c1-22-16-10-8-15(9-11-16)18(14-6-4-3-5-7-14)17(12-13-20)19(21)23-2;1-16-13-9-7-12(8-10-13)14(15)11-5-3-2-4-6-11;1-8-5(7)3-2-4-6/h3-11H,12H2,1-2H3;2-10H,1H3;2-3H2,1H3/b18-17+;;.